The molecule has 2 amide bonds. The molecule has 0 saturated carbocycles. The number of imide groups is 1. The molecule has 1 saturated heterocycles. The molecule has 3 nitrogen and oxygen atoms in total. The first-order chi connectivity index (χ1) is 9.82. The summed E-state index contributed by atoms with van der Waals surface area (Å²) in [5, 5.41) is -0.167. The van der Waals surface area contributed by atoms with Crippen LogP contribution in [0.5, 0.6) is 0 Å². The monoisotopic (exact) mass is 303 g/mol. The van der Waals surface area contributed by atoms with E-state index >= 15 is 0 Å². The van der Waals surface area contributed by atoms with Crippen molar-refractivity contribution in [1.29, 1.82) is 0 Å². The van der Waals surface area contributed by atoms with Crippen molar-refractivity contribution in [1.82, 2.24) is 4.90 Å². The van der Waals surface area contributed by atoms with E-state index in [9.17, 15) is 9.59 Å². The summed E-state index contributed by atoms with van der Waals surface area (Å²) < 4.78 is 0. The largest absolute Gasteiger partial charge is 0.293 e. The molecule has 0 aliphatic carbocycles. The second kappa shape index (κ2) is 6.06. The number of carbonyl (C=O) groups is 2. The van der Waals surface area contributed by atoms with Crippen LogP contribution in [0.25, 0.3) is 6.08 Å². The molecule has 21 heavy (non-hydrogen) atoms. The number of hydrogen-bond donors (Lipinski definition) is 0. The lowest BCUT2D eigenvalue weighted by atomic mass is 9.87. The minimum absolute atomic E-state index is 0.109. The lowest BCUT2D eigenvalue weighted by Gasteiger charge is -2.18. The highest BCUT2D eigenvalue weighted by molar-refractivity contribution is 8.18. The maximum Gasteiger partial charge on any atom is 0.293 e. The lowest BCUT2D eigenvalue weighted by Crippen LogP contribution is -2.28. The van der Waals surface area contributed by atoms with Crippen molar-refractivity contribution in [3.8, 4) is 0 Å². The minimum Gasteiger partial charge on any atom is -0.268 e. The molecule has 0 unspecified atom stereocenters. The fourth-order valence-corrected chi connectivity index (χ4v) is 3.01. The quantitative estimate of drug-likeness (QED) is 0.775. The molecular formula is C17H21NO2S. The van der Waals surface area contributed by atoms with Gasteiger partial charge >= 0.3 is 0 Å². The van der Waals surface area contributed by atoms with Crippen LogP contribution in [-0.2, 0) is 10.2 Å². The summed E-state index contributed by atoms with van der Waals surface area (Å²) in [7, 11) is 0. The molecule has 4 heteroatoms. The SMILES string of the molecule is CCCN1C(=O)S/C(=C/c2ccc(C(C)(C)C)cc2)C1=O. The molecule has 112 valence electrons. The Hall–Kier alpha value is -1.55. The first-order valence-electron chi connectivity index (χ1n) is 7.19. The van der Waals surface area contributed by atoms with Crippen molar-refractivity contribution in [3.05, 3.63) is 40.3 Å². The number of nitrogens with zero attached hydrogens (tertiary/aromatic N) is 1. The summed E-state index contributed by atoms with van der Waals surface area (Å²) in [4.78, 5) is 25.8. The second-order valence-electron chi connectivity index (χ2n) is 6.21. The molecule has 0 bridgehead atoms. The summed E-state index contributed by atoms with van der Waals surface area (Å²) in [5.74, 6) is -0.174. The maximum absolute atomic E-state index is 12.2. The van der Waals surface area contributed by atoms with Gasteiger partial charge in [0, 0.05) is 6.54 Å². The number of carbonyl (C=O) groups excluding carboxylic acids is 2. The summed E-state index contributed by atoms with van der Waals surface area (Å²) in [5.41, 5.74) is 2.31. The van der Waals surface area contributed by atoms with Gasteiger partial charge in [-0.05, 0) is 40.8 Å². The van der Waals surface area contributed by atoms with E-state index in [-0.39, 0.29) is 16.6 Å². The third kappa shape index (κ3) is 3.56. The highest BCUT2D eigenvalue weighted by atomic mass is 32.2. The molecule has 1 aliphatic rings. The van der Waals surface area contributed by atoms with Gasteiger partial charge in [-0.25, -0.2) is 0 Å². The highest BCUT2D eigenvalue weighted by Crippen LogP contribution is 2.32. The molecule has 0 atom stereocenters. The normalized spacial score (nSPS) is 17.9. The van der Waals surface area contributed by atoms with Crippen LogP contribution in [0.4, 0.5) is 4.79 Å². The van der Waals surface area contributed by atoms with Crippen molar-refractivity contribution in [3.63, 3.8) is 0 Å². The average Bonchev–Trinajstić information content (AvgIpc) is 2.66. The van der Waals surface area contributed by atoms with E-state index < -0.39 is 0 Å². The number of thioether (sulfide) groups is 1. The molecule has 1 heterocycles. The van der Waals surface area contributed by atoms with Crippen LogP contribution in [0.1, 0.15) is 45.2 Å². The van der Waals surface area contributed by atoms with Gasteiger partial charge in [-0.15, -0.1) is 0 Å². The van der Waals surface area contributed by atoms with Crippen molar-refractivity contribution in [2.45, 2.75) is 39.5 Å². The first kappa shape index (κ1) is 15.8. The van der Waals surface area contributed by atoms with Gasteiger partial charge in [0.2, 0.25) is 0 Å². The summed E-state index contributed by atoms with van der Waals surface area (Å²) in [6.07, 6.45) is 2.58. The Kier molecular flexibility index (Phi) is 4.57. The third-order valence-corrected chi connectivity index (χ3v) is 4.30. The van der Waals surface area contributed by atoms with Gasteiger partial charge in [0.15, 0.2) is 0 Å². The molecule has 1 aliphatic heterocycles. The molecule has 1 fully saturated rings. The van der Waals surface area contributed by atoms with E-state index in [4.69, 9.17) is 0 Å². The van der Waals surface area contributed by atoms with Gasteiger partial charge in [0.1, 0.15) is 0 Å². The maximum atomic E-state index is 12.2. The number of hydrogen-bond acceptors (Lipinski definition) is 3. The van der Waals surface area contributed by atoms with Gasteiger partial charge in [-0.2, -0.15) is 0 Å². The molecule has 0 N–H and O–H groups in total. The Morgan fingerprint density at radius 3 is 2.29 bits per heavy atom. The number of rotatable bonds is 3. The predicted octanol–water partition coefficient (Wildman–Crippen LogP) is 4.43. The second-order valence-corrected chi connectivity index (χ2v) is 7.20. The van der Waals surface area contributed by atoms with Crippen molar-refractivity contribution in [2.24, 2.45) is 0 Å². The van der Waals surface area contributed by atoms with Gasteiger partial charge < -0.3 is 0 Å². The molecule has 0 aromatic heterocycles. The van der Waals surface area contributed by atoms with E-state index in [0.29, 0.717) is 11.4 Å². The van der Waals surface area contributed by atoms with E-state index in [1.54, 1.807) is 6.08 Å². The van der Waals surface area contributed by atoms with Gasteiger partial charge in [-0.3, -0.25) is 14.5 Å². The molecule has 0 radical (unpaired) electrons. The van der Waals surface area contributed by atoms with E-state index in [1.807, 2.05) is 19.1 Å². The zero-order valence-corrected chi connectivity index (χ0v) is 13.8. The minimum atomic E-state index is -0.174. The van der Waals surface area contributed by atoms with Crippen LogP contribution in [0.15, 0.2) is 29.2 Å². The predicted molar refractivity (Wildman–Crippen MR) is 88.1 cm³/mol. The van der Waals surface area contributed by atoms with Crippen LogP contribution < -0.4 is 0 Å². The first-order valence-corrected chi connectivity index (χ1v) is 8.00. The topological polar surface area (TPSA) is 37.4 Å². The standard InChI is InChI=1S/C17H21NO2S/c1-5-10-18-15(19)14(21-16(18)20)11-12-6-8-13(9-7-12)17(2,3)4/h6-9,11H,5,10H2,1-4H3/b14-11+. The Morgan fingerprint density at radius 1 is 1.14 bits per heavy atom. The van der Waals surface area contributed by atoms with E-state index in [1.165, 1.54) is 10.5 Å². The number of benzene rings is 1. The van der Waals surface area contributed by atoms with Crippen molar-refractivity contribution in [2.75, 3.05) is 6.54 Å². The molecule has 0 spiro atoms. The van der Waals surface area contributed by atoms with E-state index in [0.717, 1.165) is 23.7 Å². The fraction of sp³-hybridized carbons (Fsp3) is 0.412. The van der Waals surface area contributed by atoms with Crippen LogP contribution in [0.3, 0.4) is 0 Å². The van der Waals surface area contributed by atoms with Gasteiger partial charge in [-0.1, -0.05) is 52.0 Å². The molecule has 1 aromatic carbocycles. The van der Waals surface area contributed by atoms with Crippen molar-refractivity contribution >= 4 is 29.0 Å². The smallest absolute Gasteiger partial charge is 0.268 e. The molecule has 1 aromatic rings. The summed E-state index contributed by atoms with van der Waals surface area (Å²) >= 11 is 1.02. The molecular weight excluding hydrogens is 282 g/mol. The Morgan fingerprint density at radius 2 is 1.76 bits per heavy atom. The average molecular weight is 303 g/mol. The zero-order chi connectivity index (χ0) is 15.6. The summed E-state index contributed by atoms with van der Waals surface area (Å²) in [6.45, 7) is 8.94. The third-order valence-electron chi connectivity index (χ3n) is 3.40. The van der Waals surface area contributed by atoms with Crippen LogP contribution in [-0.4, -0.2) is 22.6 Å². The Labute approximate surface area is 130 Å². The Balaban J connectivity index is 2.21. The zero-order valence-electron chi connectivity index (χ0n) is 13.0. The van der Waals surface area contributed by atoms with Crippen LogP contribution in [0, 0.1) is 0 Å². The molecule has 2 rings (SSSR count). The summed E-state index contributed by atoms with van der Waals surface area (Å²) in [6, 6.07) is 8.13. The highest BCUT2D eigenvalue weighted by Gasteiger charge is 2.34. The Bertz CT molecular complexity index is 582. The fourth-order valence-electron chi connectivity index (χ4n) is 2.15. The van der Waals surface area contributed by atoms with Crippen LogP contribution >= 0.6 is 11.8 Å². The van der Waals surface area contributed by atoms with Crippen molar-refractivity contribution < 1.29 is 9.59 Å². The van der Waals surface area contributed by atoms with Gasteiger partial charge in [0.05, 0.1) is 4.91 Å². The van der Waals surface area contributed by atoms with E-state index in [2.05, 4.69) is 32.9 Å². The van der Waals surface area contributed by atoms with Gasteiger partial charge in [0.25, 0.3) is 11.1 Å². The lowest BCUT2D eigenvalue weighted by molar-refractivity contribution is -0.122. The van der Waals surface area contributed by atoms with Crippen LogP contribution in [0.2, 0.25) is 0 Å². The number of amides is 2.